The molecule has 1 aromatic carbocycles. The Bertz CT molecular complexity index is 468. The molecule has 0 atom stereocenters. The van der Waals surface area contributed by atoms with E-state index in [1.807, 2.05) is 0 Å². The molecule has 2 rings (SSSR count). The van der Waals surface area contributed by atoms with Crippen molar-refractivity contribution in [2.24, 2.45) is 0 Å². The minimum atomic E-state index is 0.0649. The molecule has 0 spiro atoms. The van der Waals surface area contributed by atoms with Crippen molar-refractivity contribution in [3.63, 3.8) is 0 Å². The number of nitrogens with two attached hydrogens (primary N) is 1. The maximum Gasteiger partial charge on any atom is 0.293 e. The van der Waals surface area contributed by atoms with Crippen molar-refractivity contribution in [2.45, 2.75) is 0 Å². The van der Waals surface area contributed by atoms with Gasteiger partial charge in [0.15, 0.2) is 4.67 Å². The number of anilines is 1. The molecule has 0 saturated heterocycles. The summed E-state index contributed by atoms with van der Waals surface area (Å²) in [4.78, 5) is 3.95. The summed E-state index contributed by atoms with van der Waals surface area (Å²) < 4.78 is 5.41. The fourth-order valence-electron chi connectivity index (χ4n) is 1.16. The highest BCUT2D eigenvalue weighted by atomic mass is 79.9. The molecule has 0 radical (unpaired) electrons. The summed E-state index contributed by atoms with van der Waals surface area (Å²) in [6.45, 7) is 0. The number of phenols is 1. The molecule has 0 saturated carbocycles. The second kappa shape index (κ2) is 3.34. The lowest BCUT2D eigenvalue weighted by Crippen LogP contribution is -1.84. The van der Waals surface area contributed by atoms with Crippen LogP contribution in [0, 0.1) is 0 Å². The van der Waals surface area contributed by atoms with E-state index < -0.39 is 0 Å². The van der Waals surface area contributed by atoms with E-state index in [2.05, 4.69) is 20.9 Å². The molecule has 0 aliphatic heterocycles. The summed E-state index contributed by atoms with van der Waals surface area (Å²) >= 11 is 3.17. The van der Waals surface area contributed by atoms with Crippen molar-refractivity contribution in [3.05, 3.63) is 28.9 Å². The van der Waals surface area contributed by atoms with E-state index in [0.717, 1.165) is 0 Å². The highest BCUT2D eigenvalue weighted by molar-refractivity contribution is 9.10. The van der Waals surface area contributed by atoms with Crippen LogP contribution in [0.15, 0.2) is 33.4 Å². The summed E-state index contributed by atoms with van der Waals surface area (Å²) in [5.41, 5.74) is 6.46. The van der Waals surface area contributed by atoms with Crippen molar-refractivity contribution in [1.82, 2.24) is 4.98 Å². The molecule has 5 heteroatoms. The van der Waals surface area contributed by atoms with Gasteiger partial charge in [-0.25, -0.2) is 0 Å². The molecule has 14 heavy (non-hydrogen) atoms. The van der Waals surface area contributed by atoms with Crippen LogP contribution >= 0.6 is 15.9 Å². The molecular weight excluding hydrogens is 248 g/mol. The molecule has 1 heterocycles. The number of hydrogen-bond acceptors (Lipinski definition) is 4. The van der Waals surface area contributed by atoms with Gasteiger partial charge in [0.2, 0.25) is 0 Å². The Morgan fingerprint density at radius 3 is 2.64 bits per heavy atom. The summed E-state index contributed by atoms with van der Waals surface area (Å²) in [5.74, 6) is 0.140. The van der Waals surface area contributed by atoms with Crippen LogP contribution in [0.2, 0.25) is 0 Å². The number of benzene rings is 1. The summed E-state index contributed by atoms with van der Waals surface area (Å²) in [6, 6.07) is 6.90. The van der Waals surface area contributed by atoms with Crippen molar-refractivity contribution >= 4 is 21.9 Å². The number of hydrogen-bond donors (Lipinski definition) is 2. The van der Waals surface area contributed by atoms with Crippen LogP contribution in [0.4, 0.5) is 6.01 Å². The number of phenolic OH excluding ortho intramolecular Hbond substituents is 1. The minimum Gasteiger partial charge on any atom is -0.507 e. The number of aromatic hydroxyl groups is 1. The molecule has 1 aromatic heterocycles. The van der Waals surface area contributed by atoms with Crippen LogP contribution in [0.3, 0.4) is 0 Å². The standard InChI is InChI=1S/C9H7BrN2O2/c10-8-7(12-9(11)14-8)5-3-1-2-4-6(5)13/h1-4,13H,(H2,11,12). The van der Waals surface area contributed by atoms with Gasteiger partial charge in [0.05, 0.1) is 0 Å². The topological polar surface area (TPSA) is 72.3 Å². The van der Waals surface area contributed by atoms with Crippen LogP contribution in [0.1, 0.15) is 0 Å². The largest absolute Gasteiger partial charge is 0.507 e. The normalized spacial score (nSPS) is 10.4. The fourth-order valence-corrected chi connectivity index (χ4v) is 1.63. The van der Waals surface area contributed by atoms with Crippen LogP contribution in [0.5, 0.6) is 5.75 Å². The molecule has 0 unspecified atom stereocenters. The predicted molar refractivity (Wildman–Crippen MR) is 55.7 cm³/mol. The fraction of sp³-hybridized carbons (Fsp3) is 0. The maximum atomic E-state index is 9.55. The lowest BCUT2D eigenvalue weighted by Gasteiger charge is -1.99. The molecule has 0 aliphatic carbocycles. The van der Waals surface area contributed by atoms with E-state index in [1.54, 1.807) is 24.3 Å². The molecule has 0 aliphatic rings. The van der Waals surface area contributed by atoms with Gasteiger partial charge in [0.1, 0.15) is 11.4 Å². The molecule has 3 N–H and O–H groups in total. The lowest BCUT2D eigenvalue weighted by molar-refractivity contribution is 0.477. The highest BCUT2D eigenvalue weighted by Crippen LogP contribution is 2.34. The van der Waals surface area contributed by atoms with Gasteiger partial charge in [-0.2, -0.15) is 4.98 Å². The zero-order valence-electron chi connectivity index (χ0n) is 7.07. The predicted octanol–water partition coefficient (Wildman–Crippen LogP) is 2.39. The molecular formula is C9H7BrN2O2. The zero-order valence-corrected chi connectivity index (χ0v) is 8.65. The van der Waals surface area contributed by atoms with Crippen molar-refractivity contribution in [3.8, 4) is 17.0 Å². The van der Waals surface area contributed by atoms with Gasteiger partial charge in [-0.05, 0) is 28.1 Å². The molecule has 72 valence electrons. The lowest BCUT2D eigenvalue weighted by atomic mass is 10.1. The first-order chi connectivity index (χ1) is 6.68. The second-order valence-electron chi connectivity index (χ2n) is 2.69. The summed E-state index contributed by atoms with van der Waals surface area (Å²) in [6.07, 6.45) is 0. The molecule has 0 fully saturated rings. The third-order valence-corrected chi connectivity index (χ3v) is 2.30. The first kappa shape index (κ1) is 9.08. The third-order valence-electron chi connectivity index (χ3n) is 1.76. The smallest absolute Gasteiger partial charge is 0.293 e. The molecule has 0 bridgehead atoms. The number of aromatic nitrogens is 1. The SMILES string of the molecule is Nc1nc(-c2ccccc2O)c(Br)o1. The van der Waals surface area contributed by atoms with Gasteiger partial charge in [0, 0.05) is 5.56 Å². The second-order valence-corrected chi connectivity index (χ2v) is 3.41. The summed E-state index contributed by atoms with van der Waals surface area (Å²) in [5, 5.41) is 9.55. The van der Waals surface area contributed by atoms with Gasteiger partial charge < -0.3 is 15.3 Å². The van der Waals surface area contributed by atoms with Crippen LogP contribution in [-0.4, -0.2) is 10.1 Å². The maximum absolute atomic E-state index is 9.55. The molecule has 0 amide bonds. The zero-order chi connectivity index (χ0) is 10.1. The number of nitrogen functional groups attached to an aromatic ring is 1. The van der Waals surface area contributed by atoms with Crippen molar-refractivity contribution in [1.29, 1.82) is 0 Å². The summed E-state index contributed by atoms with van der Waals surface area (Å²) in [7, 11) is 0. The van der Waals surface area contributed by atoms with E-state index in [4.69, 9.17) is 10.2 Å². The van der Waals surface area contributed by atoms with E-state index in [1.165, 1.54) is 0 Å². The van der Waals surface area contributed by atoms with Gasteiger partial charge in [-0.1, -0.05) is 12.1 Å². The number of halogens is 1. The third kappa shape index (κ3) is 1.46. The van der Waals surface area contributed by atoms with Gasteiger partial charge in [0.25, 0.3) is 6.01 Å². The van der Waals surface area contributed by atoms with Crippen LogP contribution in [-0.2, 0) is 0 Å². The molecule has 2 aromatic rings. The van der Waals surface area contributed by atoms with Crippen LogP contribution < -0.4 is 5.73 Å². The quantitative estimate of drug-likeness (QED) is 0.820. The van der Waals surface area contributed by atoms with Gasteiger partial charge in [-0.15, -0.1) is 0 Å². The Morgan fingerprint density at radius 2 is 2.07 bits per heavy atom. The van der Waals surface area contributed by atoms with Gasteiger partial charge >= 0.3 is 0 Å². The van der Waals surface area contributed by atoms with Crippen LogP contribution in [0.25, 0.3) is 11.3 Å². The monoisotopic (exact) mass is 254 g/mol. The van der Waals surface area contributed by atoms with E-state index in [9.17, 15) is 5.11 Å². The minimum absolute atomic E-state index is 0.0649. The Balaban J connectivity index is 2.60. The Labute approximate surface area is 88.5 Å². The first-order valence-corrected chi connectivity index (χ1v) is 4.68. The molecule has 4 nitrogen and oxygen atoms in total. The number of oxazole rings is 1. The van der Waals surface area contributed by atoms with E-state index >= 15 is 0 Å². The Morgan fingerprint density at radius 1 is 1.36 bits per heavy atom. The Hall–Kier alpha value is -1.49. The van der Waals surface area contributed by atoms with Gasteiger partial charge in [-0.3, -0.25) is 0 Å². The average Bonchev–Trinajstić information content (AvgIpc) is 2.46. The van der Waals surface area contributed by atoms with E-state index in [0.29, 0.717) is 15.9 Å². The number of para-hydroxylation sites is 1. The van der Waals surface area contributed by atoms with Crippen molar-refractivity contribution < 1.29 is 9.52 Å². The average molecular weight is 255 g/mol. The number of rotatable bonds is 1. The highest BCUT2D eigenvalue weighted by Gasteiger charge is 2.13. The van der Waals surface area contributed by atoms with Crippen molar-refractivity contribution in [2.75, 3.05) is 5.73 Å². The number of nitrogens with zero attached hydrogens (tertiary/aromatic N) is 1. The van der Waals surface area contributed by atoms with E-state index in [-0.39, 0.29) is 11.8 Å². The first-order valence-electron chi connectivity index (χ1n) is 3.88. The Kier molecular flexibility index (Phi) is 2.17.